The SMILES string of the molecule is Cc1ccccc1COc1ccc(C(O)=C2C(=O)C(=O)N(CCC[n+]3cc[nH]c3)C2c2ccccc2)cc1. The summed E-state index contributed by atoms with van der Waals surface area (Å²) in [5.41, 5.74) is 3.58. The van der Waals surface area contributed by atoms with Gasteiger partial charge < -0.3 is 14.7 Å². The maximum absolute atomic E-state index is 13.2. The van der Waals surface area contributed by atoms with Gasteiger partial charge in [-0.25, -0.2) is 4.57 Å². The molecule has 0 saturated carbocycles. The van der Waals surface area contributed by atoms with Crippen molar-refractivity contribution in [3.63, 3.8) is 0 Å². The topological polar surface area (TPSA) is 86.5 Å². The number of ether oxygens (including phenoxy) is 1. The molecule has 1 aromatic heterocycles. The average Bonchev–Trinajstić information content (AvgIpc) is 3.55. The minimum absolute atomic E-state index is 0.101. The highest BCUT2D eigenvalue weighted by molar-refractivity contribution is 6.46. The number of aryl methyl sites for hydroxylation is 2. The van der Waals surface area contributed by atoms with Crippen LogP contribution in [0.25, 0.3) is 5.76 Å². The number of aromatic amines is 1. The molecule has 0 bridgehead atoms. The van der Waals surface area contributed by atoms with E-state index >= 15 is 0 Å². The number of hydrogen-bond acceptors (Lipinski definition) is 4. The number of nitrogens with one attached hydrogen (secondary N) is 1. The highest BCUT2D eigenvalue weighted by atomic mass is 16.5. The smallest absolute Gasteiger partial charge is 0.295 e. The van der Waals surface area contributed by atoms with Gasteiger partial charge in [0, 0.05) is 18.5 Å². The van der Waals surface area contributed by atoms with E-state index in [9.17, 15) is 14.7 Å². The number of rotatable bonds is 9. The van der Waals surface area contributed by atoms with Gasteiger partial charge in [-0.15, -0.1) is 0 Å². The third-order valence-corrected chi connectivity index (χ3v) is 6.86. The number of nitrogens with zero attached hydrogens (tertiary/aromatic N) is 2. The van der Waals surface area contributed by atoms with E-state index in [0.717, 1.165) is 16.7 Å². The van der Waals surface area contributed by atoms with Crippen molar-refractivity contribution in [1.82, 2.24) is 9.88 Å². The number of H-pyrrole nitrogens is 1. The van der Waals surface area contributed by atoms with Crippen molar-refractivity contribution in [3.8, 4) is 5.75 Å². The Hall–Kier alpha value is -4.65. The zero-order valence-electron chi connectivity index (χ0n) is 21.2. The van der Waals surface area contributed by atoms with Crippen LogP contribution in [-0.4, -0.2) is 33.2 Å². The molecule has 3 aromatic carbocycles. The standard InChI is InChI=1S/C31H29N3O4/c1-22-8-5-6-11-25(22)20-38-26-14-12-24(13-15-26)29(35)27-28(23-9-3-2-4-10-23)34(31(37)30(27)36)18-7-17-33-19-16-32-21-33/h2-6,8-16,19,21,28H,7,17-18,20H2,1H3,(H,35,36)/p+1. The number of benzene rings is 3. The van der Waals surface area contributed by atoms with Crippen LogP contribution in [0.15, 0.2) is 103 Å². The Kier molecular flexibility index (Phi) is 7.35. The summed E-state index contributed by atoms with van der Waals surface area (Å²) in [6.07, 6.45) is 6.25. The fraction of sp³-hybridized carbons (Fsp3) is 0.194. The van der Waals surface area contributed by atoms with E-state index in [4.69, 9.17) is 4.74 Å². The van der Waals surface area contributed by atoms with Gasteiger partial charge in [0.2, 0.25) is 6.33 Å². The molecular formula is C31H30N3O4+. The van der Waals surface area contributed by atoms with Gasteiger partial charge in [0.1, 0.15) is 30.5 Å². The lowest BCUT2D eigenvalue weighted by molar-refractivity contribution is -0.695. The molecule has 1 saturated heterocycles. The first kappa shape index (κ1) is 25.0. The Labute approximate surface area is 221 Å². The molecule has 38 heavy (non-hydrogen) atoms. The van der Waals surface area contributed by atoms with E-state index < -0.39 is 17.7 Å². The molecule has 1 aliphatic rings. The first-order valence-electron chi connectivity index (χ1n) is 12.7. The third kappa shape index (κ3) is 5.22. The van der Waals surface area contributed by atoms with E-state index in [1.165, 1.54) is 0 Å². The second kappa shape index (κ2) is 11.2. The fourth-order valence-electron chi connectivity index (χ4n) is 4.77. The molecule has 5 rings (SSSR count). The minimum atomic E-state index is -0.675. The Morgan fingerprint density at radius 2 is 1.74 bits per heavy atom. The summed E-state index contributed by atoms with van der Waals surface area (Å²) in [6.45, 7) is 3.54. The van der Waals surface area contributed by atoms with Crippen molar-refractivity contribution in [3.05, 3.63) is 125 Å². The van der Waals surface area contributed by atoms with Crippen molar-refractivity contribution in [2.75, 3.05) is 6.54 Å². The summed E-state index contributed by atoms with van der Waals surface area (Å²) in [5, 5.41) is 11.3. The van der Waals surface area contributed by atoms with Crippen molar-refractivity contribution in [2.45, 2.75) is 32.5 Å². The number of aliphatic hydroxyl groups is 1. The molecule has 0 radical (unpaired) electrons. The van der Waals surface area contributed by atoms with Crippen molar-refractivity contribution < 1.29 is 24.0 Å². The van der Waals surface area contributed by atoms with Crippen LogP contribution >= 0.6 is 0 Å². The van der Waals surface area contributed by atoms with Gasteiger partial charge in [-0.2, -0.15) is 0 Å². The van der Waals surface area contributed by atoms with E-state index in [0.29, 0.717) is 37.4 Å². The molecule has 1 atom stereocenters. The van der Waals surface area contributed by atoms with Gasteiger partial charge in [-0.05, 0) is 47.9 Å². The van der Waals surface area contributed by atoms with Crippen LogP contribution in [0.4, 0.5) is 0 Å². The zero-order chi connectivity index (χ0) is 26.5. The largest absolute Gasteiger partial charge is 0.507 e. The number of carbonyl (C=O) groups is 2. The van der Waals surface area contributed by atoms with Crippen LogP contribution in [0.2, 0.25) is 0 Å². The Morgan fingerprint density at radius 3 is 2.45 bits per heavy atom. The predicted molar refractivity (Wildman–Crippen MR) is 143 cm³/mol. The van der Waals surface area contributed by atoms with Crippen molar-refractivity contribution in [2.24, 2.45) is 0 Å². The quantitative estimate of drug-likeness (QED) is 0.149. The molecule has 0 aliphatic carbocycles. The van der Waals surface area contributed by atoms with E-state index in [1.54, 1.807) is 29.2 Å². The number of ketones is 1. The van der Waals surface area contributed by atoms with Gasteiger partial charge in [0.05, 0.1) is 18.2 Å². The summed E-state index contributed by atoms with van der Waals surface area (Å²) in [6, 6.07) is 23.7. The molecule has 4 aromatic rings. The van der Waals surface area contributed by atoms with E-state index in [2.05, 4.69) is 4.98 Å². The minimum Gasteiger partial charge on any atom is -0.507 e. The fourth-order valence-corrected chi connectivity index (χ4v) is 4.77. The monoisotopic (exact) mass is 508 g/mol. The average molecular weight is 509 g/mol. The second-order valence-electron chi connectivity index (χ2n) is 9.35. The Bertz CT molecular complexity index is 1440. The van der Waals surface area contributed by atoms with Gasteiger partial charge in [-0.1, -0.05) is 54.6 Å². The number of carbonyl (C=O) groups excluding carboxylic acids is 2. The first-order chi connectivity index (χ1) is 18.5. The van der Waals surface area contributed by atoms with Crippen molar-refractivity contribution >= 4 is 17.4 Å². The van der Waals surface area contributed by atoms with E-state index in [1.807, 2.05) is 84.8 Å². The van der Waals surface area contributed by atoms with Crippen LogP contribution in [0, 0.1) is 6.92 Å². The predicted octanol–water partition coefficient (Wildman–Crippen LogP) is 4.70. The molecule has 7 nitrogen and oxygen atoms in total. The number of hydrogen-bond donors (Lipinski definition) is 2. The second-order valence-corrected chi connectivity index (χ2v) is 9.35. The molecule has 1 fully saturated rings. The van der Waals surface area contributed by atoms with Gasteiger partial charge in [0.25, 0.3) is 11.7 Å². The molecular weight excluding hydrogens is 478 g/mol. The number of amides is 1. The first-order valence-corrected chi connectivity index (χ1v) is 12.7. The van der Waals surface area contributed by atoms with Crippen molar-refractivity contribution in [1.29, 1.82) is 0 Å². The molecule has 1 amide bonds. The molecule has 2 heterocycles. The number of Topliss-reactive ketones (excluding diaryl/α,β-unsaturated/α-hetero) is 1. The Balaban J connectivity index is 1.40. The normalized spacial score (nSPS) is 16.7. The molecule has 2 N–H and O–H groups in total. The third-order valence-electron chi connectivity index (χ3n) is 6.86. The number of aromatic nitrogens is 2. The number of aliphatic hydroxyl groups excluding tert-OH is 1. The summed E-state index contributed by atoms with van der Waals surface area (Å²) in [5.74, 6) is -0.819. The van der Waals surface area contributed by atoms with Crippen LogP contribution < -0.4 is 9.30 Å². The number of likely N-dealkylation sites (tertiary alicyclic amines) is 1. The maximum atomic E-state index is 13.2. The summed E-state index contributed by atoms with van der Waals surface area (Å²) < 4.78 is 7.91. The van der Waals surface area contributed by atoms with Gasteiger partial charge in [0.15, 0.2) is 0 Å². The van der Waals surface area contributed by atoms with Crippen LogP contribution in [-0.2, 0) is 22.7 Å². The van der Waals surface area contributed by atoms with Gasteiger partial charge in [-0.3, -0.25) is 14.6 Å². The highest BCUT2D eigenvalue weighted by Crippen LogP contribution is 2.39. The summed E-state index contributed by atoms with van der Waals surface area (Å²) >= 11 is 0. The molecule has 192 valence electrons. The van der Waals surface area contributed by atoms with Crippen LogP contribution in [0.3, 0.4) is 0 Å². The summed E-state index contributed by atoms with van der Waals surface area (Å²) in [7, 11) is 0. The maximum Gasteiger partial charge on any atom is 0.295 e. The lowest BCUT2D eigenvalue weighted by atomic mass is 9.95. The van der Waals surface area contributed by atoms with E-state index in [-0.39, 0.29) is 11.3 Å². The van der Waals surface area contributed by atoms with Crippen LogP contribution in [0.1, 0.15) is 34.7 Å². The number of imidazole rings is 1. The van der Waals surface area contributed by atoms with Crippen LogP contribution in [0.5, 0.6) is 5.75 Å². The molecule has 0 spiro atoms. The Morgan fingerprint density at radius 1 is 1.00 bits per heavy atom. The lowest BCUT2D eigenvalue weighted by Gasteiger charge is -2.25. The van der Waals surface area contributed by atoms with Gasteiger partial charge >= 0.3 is 0 Å². The molecule has 1 aliphatic heterocycles. The highest BCUT2D eigenvalue weighted by Gasteiger charge is 2.45. The molecule has 1 unspecified atom stereocenters. The molecule has 7 heteroatoms. The zero-order valence-corrected chi connectivity index (χ0v) is 21.2. The lowest BCUT2D eigenvalue weighted by Crippen LogP contribution is -2.36. The summed E-state index contributed by atoms with van der Waals surface area (Å²) in [4.78, 5) is 30.9.